The molecule has 1 aliphatic heterocycles. The van der Waals surface area contributed by atoms with Gasteiger partial charge in [0.25, 0.3) is 5.91 Å². The minimum atomic E-state index is -2.95. The summed E-state index contributed by atoms with van der Waals surface area (Å²) in [5.74, 6) is 0.933. The number of ether oxygens (including phenoxy) is 2. The van der Waals surface area contributed by atoms with Gasteiger partial charge in [0.05, 0.1) is 23.6 Å². The van der Waals surface area contributed by atoms with Crippen molar-refractivity contribution in [1.29, 1.82) is 0 Å². The second kappa shape index (κ2) is 7.77. The topological polar surface area (TPSA) is 114 Å². The van der Waals surface area contributed by atoms with E-state index in [-0.39, 0.29) is 34.9 Å². The molecule has 3 rings (SSSR count). The van der Waals surface area contributed by atoms with E-state index in [1.807, 2.05) is 10.8 Å². The first-order valence-electron chi connectivity index (χ1n) is 8.33. The zero-order valence-corrected chi connectivity index (χ0v) is 16.3. The molecule has 0 saturated carbocycles. The lowest BCUT2D eigenvalue weighted by Gasteiger charge is -2.25. The van der Waals surface area contributed by atoms with Crippen molar-refractivity contribution in [3.8, 4) is 22.9 Å². The predicted octanol–water partition coefficient (Wildman–Crippen LogP) is 1.83. The maximum Gasteiger partial charge on any atom is 0.255 e. The molecule has 2 heterocycles. The number of nitrogens with zero attached hydrogens (tertiary/aromatic N) is 2. The molecule has 1 saturated heterocycles. The van der Waals surface area contributed by atoms with Crippen molar-refractivity contribution < 1.29 is 22.7 Å². The number of halogens is 1. The van der Waals surface area contributed by atoms with Crippen LogP contribution in [0.4, 0.5) is 0 Å². The molecule has 27 heavy (non-hydrogen) atoms. The molecule has 2 N–H and O–H groups in total. The van der Waals surface area contributed by atoms with E-state index in [9.17, 15) is 13.2 Å². The summed E-state index contributed by atoms with van der Waals surface area (Å²) in [5.41, 5.74) is 5.80. The lowest BCUT2D eigenvalue weighted by molar-refractivity contribution is -0.119. The van der Waals surface area contributed by atoms with Crippen molar-refractivity contribution in [2.24, 2.45) is 5.73 Å². The number of amides is 1. The summed E-state index contributed by atoms with van der Waals surface area (Å²) in [6.45, 7) is -0.319. The Hall–Kier alpha value is -2.26. The van der Waals surface area contributed by atoms with E-state index >= 15 is 0 Å². The van der Waals surface area contributed by atoms with E-state index in [4.69, 9.17) is 26.8 Å². The van der Waals surface area contributed by atoms with E-state index in [0.29, 0.717) is 30.0 Å². The number of carbonyl (C=O) groups is 1. The van der Waals surface area contributed by atoms with Gasteiger partial charge < -0.3 is 19.8 Å². The van der Waals surface area contributed by atoms with Crippen molar-refractivity contribution in [3.63, 3.8) is 0 Å². The summed E-state index contributed by atoms with van der Waals surface area (Å²) in [6, 6.07) is 3.42. The van der Waals surface area contributed by atoms with Gasteiger partial charge in [0.1, 0.15) is 15.7 Å². The molecule has 1 fully saturated rings. The van der Waals surface area contributed by atoms with Gasteiger partial charge in [0, 0.05) is 24.0 Å². The second-order valence-corrected chi connectivity index (χ2v) is 9.00. The number of sulfone groups is 1. The van der Waals surface area contributed by atoms with Gasteiger partial charge in [-0.05, 0) is 25.0 Å². The van der Waals surface area contributed by atoms with Crippen LogP contribution in [0.3, 0.4) is 0 Å². The first-order chi connectivity index (χ1) is 12.8. The number of nitrogens with two attached hydrogens (primary N) is 1. The highest BCUT2D eigenvalue weighted by molar-refractivity contribution is 7.91. The maximum absolute atomic E-state index is 11.7. The van der Waals surface area contributed by atoms with Gasteiger partial charge in [-0.25, -0.2) is 13.4 Å². The van der Waals surface area contributed by atoms with E-state index < -0.39 is 15.7 Å². The summed E-state index contributed by atoms with van der Waals surface area (Å²) in [6.07, 6.45) is 4.57. The average Bonchev–Trinajstić information content (AvgIpc) is 3.09. The largest absolute Gasteiger partial charge is 0.493 e. The molecule has 0 spiro atoms. The van der Waals surface area contributed by atoms with Gasteiger partial charge in [-0.15, -0.1) is 0 Å². The van der Waals surface area contributed by atoms with Crippen LogP contribution in [0.25, 0.3) is 11.4 Å². The number of methoxy groups -OCH3 is 1. The highest BCUT2D eigenvalue weighted by Crippen LogP contribution is 2.40. The van der Waals surface area contributed by atoms with Crippen molar-refractivity contribution >= 4 is 27.3 Å². The average molecular weight is 414 g/mol. The molecule has 8 nitrogen and oxygen atoms in total. The molecule has 1 aromatic heterocycles. The summed E-state index contributed by atoms with van der Waals surface area (Å²) < 4.78 is 36.0. The van der Waals surface area contributed by atoms with Gasteiger partial charge in [0.2, 0.25) is 0 Å². The molecule has 1 aliphatic rings. The Kier molecular flexibility index (Phi) is 5.61. The number of rotatable bonds is 6. The van der Waals surface area contributed by atoms with Gasteiger partial charge in [-0.3, -0.25) is 4.79 Å². The van der Waals surface area contributed by atoms with Gasteiger partial charge in [0.15, 0.2) is 18.1 Å². The standard InChI is InChI=1S/C17H20ClN3O5S/c1-25-14-9-11(8-13(18)16(14)26-10-15(19)22)17-20-4-5-21(17)12-2-6-27(23,24)7-3-12/h4-5,8-9,12H,2-3,6-7,10H2,1H3,(H2,19,22). The number of hydrogen-bond donors (Lipinski definition) is 1. The van der Waals surface area contributed by atoms with Crippen LogP contribution >= 0.6 is 11.6 Å². The molecule has 1 aromatic carbocycles. The van der Waals surface area contributed by atoms with Crippen molar-refractivity contribution in [2.45, 2.75) is 18.9 Å². The Morgan fingerprint density at radius 1 is 1.37 bits per heavy atom. The SMILES string of the molecule is COc1cc(-c2nccn2C2CCS(=O)(=O)CC2)cc(Cl)c1OCC(N)=O. The Bertz CT molecular complexity index is 943. The fourth-order valence-electron chi connectivity index (χ4n) is 3.12. The highest BCUT2D eigenvalue weighted by atomic mass is 35.5. The molecule has 0 bridgehead atoms. The Morgan fingerprint density at radius 2 is 2.07 bits per heavy atom. The van der Waals surface area contributed by atoms with Crippen LogP contribution in [0.5, 0.6) is 11.5 Å². The zero-order valence-electron chi connectivity index (χ0n) is 14.7. The number of carbonyl (C=O) groups excluding carboxylic acids is 1. The molecule has 0 aliphatic carbocycles. The minimum absolute atomic E-state index is 0.0431. The predicted molar refractivity (Wildman–Crippen MR) is 101 cm³/mol. The first-order valence-corrected chi connectivity index (χ1v) is 10.5. The minimum Gasteiger partial charge on any atom is -0.493 e. The van der Waals surface area contributed by atoms with Gasteiger partial charge >= 0.3 is 0 Å². The van der Waals surface area contributed by atoms with E-state index in [1.54, 1.807) is 18.3 Å². The van der Waals surface area contributed by atoms with Crippen molar-refractivity contribution in [1.82, 2.24) is 9.55 Å². The smallest absolute Gasteiger partial charge is 0.255 e. The second-order valence-electron chi connectivity index (χ2n) is 6.29. The third-order valence-corrected chi connectivity index (χ3v) is 6.43. The van der Waals surface area contributed by atoms with E-state index in [0.717, 1.165) is 0 Å². The highest BCUT2D eigenvalue weighted by Gasteiger charge is 2.26. The Morgan fingerprint density at radius 3 is 2.70 bits per heavy atom. The third-order valence-electron chi connectivity index (χ3n) is 4.43. The molecular formula is C17H20ClN3O5S. The molecule has 0 unspecified atom stereocenters. The fourth-order valence-corrected chi connectivity index (χ4v) is 4.85. The molecule has 1 amide bonds. The lowest BCUT2D eigenvalue weighted by Crippen LogP contribution is -2.25. The molecule has 0 radical (unpaired) electrons. The molecule has 2 aromatic rings. The Balaban J connectivity index is 1.93. The van der Waals surface area contributed by atoms with Crippen LogP contribution in [0.15, 0.2) is 24.5 Å². The van der Waals surface area contributed by atoms with Crippen molar-refractivity contribution in [2.75, 3.05) is 25.2 Å². The van der Waals surface area contributed by atoms with Gasteiger partial charge in [-0.2, -0.15) is 0 Å². The number of primary amides is 1. The third kappa shape index (κ3) is 4.36. The van der Waals surface area contributed by atoms with Crippen LogP contribution in [0.1, 0.15) is 18.9 Å². The summed E-state index contributed by atoms with van der Waals surface area (Å²) in [4.78, 5) is 15.4. The fraction of sp³-hybridized carbons (Fsp3) is 0.412. The summed E-state index contributed by atoms with van der Waals surface area (Å²) in [5, 5.41) is 0.256. The number of benzene rings is 1. The van der Waals surface area contributed by atoms with Crippen LogP contribution in [-0.2, 0) is 14.6 Å². The van der Waals surface area contributed by atoms with Crippen LogP contribution < -0.4 is 15.2 Å². The van der Waals surface area contributed by atoms with E-state index in [1.165, 1.54) is 7.11 Å². The summed E-state index contributed by atoms with van der Waals surface area (Å²) >= 11 is 6.32. The van der Waals surface area contributed by atoms with Crippen LogP contribution in [0.2, 0.25) is 5.02 Å². The van der Waals surface area contributed by atoms with Gasteiger partial charge in [-0.1, -0.05) is 11.6 Å². The normalized spacial score (nSPS) is 16.8. The quantitative estimate of drug-likeness (QED) is 0.772. The van der Waals surface area contributed by atoms with Crippen molar-refractivity contribution in [3.05, 3.63) is 29.5 Å². The molecule has 146 valence electrons. The molecule has 10 heteroatoms. The maximum atomic E-state index is 11.7. The number of hydrogen-bond acceptors (Lipinski definition) is 6. The number of aromatic nitrogens is 2. The summed E-state index contributed by atoms with van der Waals surface area (Å²) in [7, 11) is -1.49. The molecular weight excluding hydrogens is 394 g/mol. The lowest BCUT2D eigenvalue weighted by atomic mass is 10.1. The zero-order chi connectivity index (χ0) is 19.6. The van der Waals surface area contributed by atoms with Crippen LogP contribution in [0, 0.1) is 0 Å². The Labute approximate surface area is 162 Å². The molecule has 0 atom stereocenters. The first kappa shape index (κ1) is 19.5. The van der Waals surface area contributed by atoms with E-state index in [2.05, 4.69) is 4.98 Å². The number of imidazole rings is 1. The monoisotopic (exact) mass is 413 g/mol. The van der Waals surface area contributed by atoms with Crippen LogP contribution in [-0.4, -0.2) is 49.1 Å².